The topological polar surface area (TPSA) is 94.7 Å². The van der Waals surface area contributed by atoms with Gasteiger partial charge in [0.1, 0.15) is 5.82 Å². The van der Waals surface area contributed by atoms with Crippen LogP contribution in [0.5, 0.6) is 0 Å². The van der Waals surface area contributed by atoms with Crippen molar-refractivity contribution >= 4 is 22.6 Å². The molecule has 8 nitrogen and oxygen atoms in total. The average Bonchev–Trinajstić information content (AvgIpc) is 3.19. The largest absolute Gasteiger partial charge is 0.310 e. The number of carbonyl (C=O) groups excluding carboxylic acids is 1. The molecule has 164 valence electrons. The highest BCUT2D eigenvalue weighted by Crippen LogP contribution is 2.25. The molecular formula is C24H26N6O2. The van der Waals surface area contributed by atoms with Gasteiger partial charge in [0.2, 0.25) is 5.91 Å². The quantitative estimate of drug-likeness (QED) is 0.522. The average molecular weight is 431 g/mol. The minimum atomic E-state index is -0.223. The summed E-state index contributed by atoms with van der Waals surface area (Å²) in [5.74, 6) is 0.931. The molecular weight excluding hydrogens is 404 g/mol. The van der Waals surface area contributed by atoms with Gasteiger partial charge in [0, 0.05) is 30.6 Å². The normalized spacial score (nSPS) is 11.6. The molecule has 8 heteroatoms. The number of fused-ring (bicyclic) bond motifs is 1. The molecule has 0 bridgehead atoms. The maximum Gasteiger partial charge on any atom is 0.261 e. The summed E-state index contributed by atoms with van der Waals surface area (Å²) in [5, 5.41) is 8.13. The number of anilines is 1. The minimum Gasteiger partial charge on any atom is -0.310 e. The van der Waals surface area contributed by atoms with Crippen LogP contribution in [0.4, 0.5) is 5.82 Å². The Kier molecular flexibility index (Phi) is 5.61. The van der Waals surface area contributed by atoms with E-state index in [2.05, 4.69) is 41.2 Å². The number of hydrogen-bond acceptors (Lipinski definition) is 5. The second-order valence-corrected chi connectivity index (χ2v) is 8.78. The molecule has 1 N–H and O–H groups in total. The number of carbonyl (C=O) groups is 1. The highest BCUT2D eigenvalue weighted by atomic mass is 16.2. The number of aryl methyl sites for hydroxylation is 2. The van der Waals surface area contributed by atoms with Crippen molar-refractivity contribution in [2.45, 2.75) is 46.1 Å². The molecule has 0 saturated carbocycles. The Morgan fingerprint density at radius 1 is 1.09 bits per heavy atom. The molecule has 3 heterocycles. The van der Waals surface area contributed by atoms with Crippen LogP contribution in [0.2, 0.25) is 0 Å². The summed E-state index contributed by atoms with van der Waals surface area (Å²) < 4.78 is 3.10. The zero-order valence-electron chi connectivity index (χ0n) is 18.7. The molecule has 0 saturated heterocycles. The van der Waals surface area contributed by atoms with Gasteiger partial charge in [0.25, 0.3) is 5.56 Å². The molecule has 0 aliphatic heterocycles. The molecule has 3 aromatic heterocycles. The highest BCUT2D eigenvalue weighted by molar-refractivity contribution is 5.90. The second-order valence-electron chi connectivity index (χ2n) is 8.78. The van der Waals surface area contributed by atoms with E-state index < -0.39 is 0 Å². The summed E-state index contributed by atoms with van der Waals surface area (Å²) in [6.45, 7) is 8.33. The van der Waals surface area contributed by atoms with Gasteiger partial charge >= 0.3 is 0 Å². The lowest BCUT2D eigenvalue weighted by molar-refractivity contribution is -0.116. The van der Waals surface area contributed by atoms with Crippen LogP contribution in [0.15, 0.2) is 59.8 Å². The number of hydrogen-bond donors (Lipinski definition) is 1. The zero-order chi connectivity index (χ0) is 22.9. The van der Waals surface area contributed by atoms with Gasteiger partial charge in [-0.05, 0) is 30.7 Å². The number of pyridine rings is 1. The lowest BCUT2D eigenvalue weighted by Crippen LogP contribution is -2.24. The fourth-order valence-electron chi connectivity index (χ4n) is 3.41. The Labute approximate surface area is 185 Å². The number of nitrogens with one attached hydrogen (secondary N) is 1. The van der Waals surface area contributed by atoms with Gasteiger partial charge in [-0.2, -0.15) is 9.78 Å². The van der Waals surface area contributed by atoms with Crippen LogP contribution in [-0.4, -0.2) is 30.2 Å². The van der Waals surface area contributed by atoms with Crippen LogP contribution >= 0.6 is 0 Å². The summed E-state index contributed by atoms with van der Waals surface area (Å²) in [4.78, 5) is 34.3. The highest BCUT2D eigenvalue weighted by Gasteiger charge is 2.22. The number of nitrogens with zero attached hydrogens (tertiary/aromatic N) is 5. The Balaban J connectivity index is 1.55. The van der Waals surface area contributed by atoms with Crippen LogP contribution in [0.25, 0.3) is 16.7 Å². The van der Waals surface area contributed by atoms with Crippen molar-refractivity contribution in [3.05, 3.63) is 76.6 Å². The van der Waals surface area contributed by atoms with Crippen molar-refractivity contribution in [2.24, 2.45) is 0 Å². The van der Waals surface area contributed by atoms with Crippen molar-refractivity contribution in [3.63, 3.8) is 0 Å². The molecule has 4 aromatic rings. The number of amides is 1. The molecule has 0 fully saturated rings. The van der Waals surface area contributed by atoms with E-state index in [9.17, 15) is 9.59 Å². The van der Waals surface area contributed by atoms with Crippen molar-refractivity contribution in [2.75, 3.05) is 5.32 Å². The summed E-state index contributed by atoms with van der Waals surface area (Å²) in [5.41, 5.74) is 2.12. The fourth-order valence-corrected chi connectivity index (χ4v) is 3.41. The first-order chi connectivity index (χ1) is 15.2. The van der Waals surface area contributed by atoms with Crippen molar-refractivity contribution < 1.29 is 4.79 Å². The van der Waals surface area contributed by atoms with Crippen LogP contribution in [0.1, 0.15) is 38.4 Å². The van der Waals surface area contributed by atoms with Crippen LogP contribution in [0.3, 0.4) is 0 Å². The summed E-state index contributed by atoms with van der Waals surface area (Å²) in [7, 11) is 0. The third kappa shape index (κ3) is 4.30. The molecule has 0 radical (unpaired) electrons. The van der Waals surface area contributed by atoms with Gasteiger partial charge in [-0.15, -0.1) is 0 Å². The van der Waals surface area contributed by atoms with Crippen LogP contribution < -0.4 is 10.9 Å². The first kappa shape index (κ1) is 21.4. The summed E-state index contributed by atoms with van der Waals surface area (Å²) in [6.07, 6.45) is 3.30. The van der Waals surface area contributed by atoms with Gasteiger partial charge in [0.15, 0.2) is 5.82 Å². The Morgan fingerprint density at radius 2 is 1.91 bits per heavy atom. The van der Waals surface area contributed by atoms with E-state index in [0.29, 0.717) is 22.5 Å². The molecule has 0 unspecified atom stereocenters. The maximum absolute atomic E-state index is 12.8. The van der Waals surface area contributed by atoms with Gasteiger partial charge in [0.05, 0.1) is 22.9 Å². The third-order valence-electron chi connectivity index (χ3n) is 5.25. The van der Waals surface area contributed by atoms with Gasteiger partial charge in [-0.3, -0.25) is 14.2 Å². The van der Waals surface area contributed by atoms with E-state index in [1.54, 1.807) is 16.9 Å². The first-order valence-corrected chi connectivity index (χ1v) is 10.5. The van der Waals surface area contributed by atoms with Crippen LogP contribution in [-0.2, 0) is 16.8 Å². The van der Waals surface area contributed by atoms with Crippen molar-refractivity contribution in [3.8, 4) is 5.82 Å². The lowest BCUT2D eigenvalue weighted by atomic mass is 9.92. The van der Waals surface area contributed by atoms with E-state index in [0.717, 1.165) is 11.3 Å². The number of benzene rings is 1. The number of rotatable bonds is 5. The standard InChI is InChI=1S/C24H26N6O2/c1-16-8-7-9-17-22(16)26-15-29(23(17)32)13-11-21(31)27-20-14-18(24(2,3)4)28-30(20)19-10-5-6-12-25-19/h5-10,12,14-15H,11,13H2,1-4H3,(H,27,31). The van der Waals surface area contributed by atoms with E-state index >= 15 is 0 Å². The second kappa shape index (κ2) is 8.37. The first-order valence-electron chi connectivity index (χ1n) is 10.5. The molecule has 0 spiro atoms. The summed E-state index contributed by atoms with van der Waals surface area (Å²) >= 11 is 0. The molecule has 1 amide bonds. The van der Waals surface area contributed by atoms with E-state index in [4.69, 9.17) is 0 Å². The minimum absolute atomic E-state index is 0.122. The predicted molar refractivity (Wildman–Crippen MR) is 124 cm³/mol. The van der Waals surface area contributed by atoms with Crippen molar-refractivity contribution in [1.82, 2.24) is 24.3 Å². The zero-order valence-corrected chi connectivity index (χ0v) is 18.7. The number of aromatic nitrogens is 5. The Morgan fingerprint density at radius 3 is 2.62 bits per heavy atom. The Hall–Kier alpha value is -3.81. The maximum atomic E-state index is 12.8. The molecule has 0 aliphatic rings. The van der Waals surface area contributed by atoms with Gasteiger partial charge in [-0.1, -0.05) is 39.0 Å². The molecule has 4 rings (SSSR count). The monoisotopic (exact) mass is 430 g/mol. The SMILES string of the molecule is Cc1cccc2c(=O)n(CCC(=O)Nc3cc(C(C)(C)C)nn3-c3ccccn3)cnc12. The number of para-hydroxylation sites is 1. The molecule has 32 heavy (non-hydrogen) atoms. The smallest absolute Gasteiger partial charge is 0.261 e. The van der Waals surface area contributed by atoms with Crippen LogP contribution in [0, 0.1) is 6.92 Å². The van der Waals surface area contributed by atoms with E-state index in [1.165, 1.54) is 10.9 Å². The van der Waals surface area contributed by atoms with E-state index in [1.807, 2.05) is 43.3 Å². The lowest BCUT2D eigenvalue weighted by Gasteiger charge is -2.13. The molecule has 0 aliphatic carbocycles. The molecule has 0 atom stereocenters. The van der Waals surface area contributed by atoms with Crippen molar-refractivity contribution in [1.29, 1.82) is 0 Å². The fraction of sp³-hybridized carbons (Fsp3) is 0.292. The summed E-state index contributed by atoms with van der Waals surface area (Å²) in [6, 6.07) is 12.9. The van der Waals surface area contributed by atoms with Gasteiger partial charge in [-0.25, -0.2) is 9.97 Å². The predicted octanol–water partition coefficient (Wildman–Crippen LogP) is 3.61. The van der Waals surface area contributed by atoms with E-state index in [-0.39, 0.29) is 29.8 Å². The van der Waals surface area contributed by atoms with Gasteiger partial charge < -0.3 is 5.32 Å². The molecule has 1 aromatic carbocycles. The third-order valence-corrected chi connectivity index (χ3v) is 5.25. The Bertz CT molecular complexity index is 1330.